The molecule has 3 heterocycles. The summed E-state index contributed by atoms with van der Waals surface area (Å²) in [6, 6.07) is 0. The Bertz CT molecular complexity index is 731. The molecule has 0 amide bonds. The van der Waals surface area contributed by atoms with E-state index in [2.05, 4.69) is 4.98 Å². The summed E-state index contributed by atoms with van der Waals surface area (Å²) in [7, 11) is 0. The molecule has 2 aromatic rings. The summed E-state index contributed by atoms with van der Waals surface area (Å²) in [5.41, 5.74) is 0.479. The number of thiophene rings is 1. The molecule has 7 heteroatoms. The van der Waals surface area contributed by atoms with Gasteiger partial charge in [-0.1, -0.05) is 0 Å². The Kier molecular flexibility index (Phi) is 3.62. The summed E-state index contributed by atoms with van der Waals surface area (Å²) in [6.45, 7) is 2.98. The zero-order valence-electron chi connectivity index (χ0n) is 10.9. The molecule has 0 aliphatic carbocycles. The molecule has 2 aromatic heterocycles. The number of aromatic nitrogens is 2. The highest BCUT2D eigenvalue weighted by atomic mass is 35.5. The maximum absolute atomic E-state index is 12.5. The smallest absolute Gasteiger partial charge is 0.262 e. The summed E-state index contributed by atoms with van der Waals surface area (Å²) < 4.78 is 7.09. The van der Waals surface area contributed by atoms with Gasteiger partial charge in [0.1, 0.15) is 4.83 Å². The van der Waals surface area contributed by atoms with Gasteiger partial charge in [-0.05, 0) is 36.9 Å². The van der Waals surface area contributed by atoms with Crippen molar-refractivity contribution in [3.05, 3.63) is 27.1 Å². The van der Waals surface area contributed by atoms with Crippen molar-refractivity contribution >= 4 is 38.4 Å². The van der Waals surface area contributed by atoms with Crippen LogP contribution >= 0.6 is 22.9 Å². The Morgan fingerprint density at radius 1 is 1.65 bits per heavy atom. The predicted octanol–water partition coefficient (Wildman–Crippen LogP) is 2.32. The van der Waals surface area contributed by atoms with Gasteiger partial charge in [0.05, 0.1) is 29.2 Å². The molecule has 106 valence electrons. The third kappa shape index (κ3) is 2.28. The number of nitrogens with zero attached hydrogens (tertiary/aromatic N) is 2. The number of aryl methyl sites for hydroxylation is 1. The van der Waals surface area contributed by atoms with Gasteiger partial charge in [0.25, 0.3) is 10.8 Å². The molecule has 3 rings (SSSR count). The molecule has 20 heavy (non-hydrogen) atoms. The third-order valence-corrected chi connectivity index (χ3v) is 5.02. The van der Waals surface area contributed by atoms with Gasteiger partial charge in [0.2, 0.25) is 0 Å². The predicted molar refractivity (Wildman–Crippen MR) is 77.8 cm³/mol. The van der Waals surface area contributed by atoms with Crippen LogP contribution in [0.15, 0.2) is 11.1 Å². The molecule has 0 radical (unpaired) electrons. The van der Waals surface area contributed by atoms with Crippen molar-refractivity contribution in [2.24, 2.45) is 0 Å². The fourth-order valence-electron chi connectivity index (χ4n) is 2.48. The summed E-state index contributed by atoms with van der Waals surface area (Å²) in [4.78, 5) is 29.0. The molecule has 1 aliphatic heterocycles. The van der Waals surface area contributed by atoms with Gasteiger partial charge < -0.3 is 4.74 Å². The molecule has 0 saturated carbocycles. The van der Waals surface area contributed by atoms with Crippen LogP contribution in [-0.4, -0.2) is 27.5 Å². The highest BCUT2D eigenvalue weighted by Gasteiger charge is 2.20. The van der Waals surface area contributed by atoms with Crippen LogP contribution in [0.4, 0.5) is 0 Å². The number of halogens is 1. The van der Waals surface area contributed by atoms with Gasteiger partial charge in [-0.3, -0.25) is 14.2 Å². The van der Waals surface area contributed by atoms with Crippen molar-refractivity contribution in [3.63, 3.8) is 0 Å². The first-order valence-electron chi connectivity index (χ1n) is 6.38. The quantitative estimate of drug-likeness (QED) is 0.816. The second kappa shape index (κ2) is 5.27. The van der Waals surface area contributed by atoms with E-state index in [1.807, 2.05) is 0 Å². The number of carbonyl (C=O) groups is 1. The maximum atomic E-state index is 12.5. The van der Waals surface area contributed by atoms with E-state index in [1.165, 1.54) is 6.33 Å². The van der Waals surface area contributed by atoms with Gasteiger partial charge in [-0.25, -0.2) is 4.98 Å². The number of hydrogen-bond acceptors (Lipinski definition) is 5. The topological polar surface area (TPSA) is 61.2 Å². The SMILES string of the molecule is Cc1c(C(=O)Cl)sc2ncn(CC3CCCO3)c(=O)c12. The van der Waals surface area contributed by atoms with Crippen LogP contribution in [0.5, 0.6) is 0 Å². The molecule has 1 atom stereocenters. The molecule has 0 aromatic carbocycles. The van der Waals surface area contributed by atoms with E-state index in [0.29, 0.717) is 27.2 Å². The lowest BCUT2D eigenvalue weighted by molar-refractivity contribution is 0.0960. The van der Waals surface area contributed by atoms with Gasteiger partial charge >= 0.3 is 0 Å². The normalized spacial score (nSPS) is 18.8. The molecule has 1 saturated heterocycles. The van der Waals surface area contributed by atoms with Crippen molar-refractivity contribution in [1.82, 2.24) is 9.55 Å². The van der Waals surface area contributed by atoms with Crippen LogP contribution in [-0.2, 0) is 11.3 Å². The Hall–Kier alpha value is -1.24. The number of hydrogen-bond donors (Lipinski definition) is 0. The number of ether oxygens (including phenoxy) is 1. The van der Waals surface area contributed by atoms with Gasteiger partial charge in [0.15, 0.2) is 0 Å². The fraction of sp³-hybridized carbons (Fsp3) is 0.462. The van der Waals surface area contributed by atoms with E-state index in [0.717, 1.165) is 30.8 Å². The average molecular weight is 313 g/mol. The summed E-state index contributed by atoms with van der Waals surface area (Å²) in [5.74, 6) is 0. The minimum absolute atomic E-state index is 0.0695. The Labute approximate surface area is 124 Å². The molecule has 0 bridgehead atoms. The van der Waals surface area contributed by atoms with Crippen molar-refractivity contribution in [2.45, 2.75) is 32.4 Å². The van der Waals surface area contributed by atoms with Crippen molar-refractivity contribution in [3.8, 4) is 0 Å². The van der Waals surface area contributed by atoms with E-state index in [-0.39, 0.29) is 11.7 Å². The lowest BCUT2D eigenvalue weighted by atomic mass is 10.2. The van der Waals surface area contributed by atoms with Crippen LogP contribution in [0.3, 0.4) is 0 Å². The van der Waals surface area contributed by atoms with Crippen LogP contribution in [0.1, 0.15) is 28.1 Å². The highest BCUT2D eigenvalue weighted by molar-refractivity contribution is 7.22. The maximum Gasteiger partial charge on any atom is 0.262 e. The van der Waals surface area contributed by atoms with Gasteiger partial charge in [-0.2, -0.15) is 0 Å². The standard InChI is InChI=1S/C13H13ClN2O3S/c1-7-9-12(20-10(7)11(14)17)15-6-16(13(9)18)5-8-3-2-4-19-8/h6,8H,2-5H2,1H3. The zero-order valence-corrected chi connectivity index (χ0v) is 12.5. The molecule has 0 N–H and O–H groups in total. The van der Waals surface area contributed by atoms with Crippen LogP contribution in [0, 0.1) is 6.92 Å². The van der Waals surface area contributed by atoms with Gasteiger partial charge in [-0.15, -0.1) is 11.3 Å². The second-order valence-electron chi connectivity index (χ2n) is 4.85. The average Bonchev–Trinajstić information content (AvgIpc) is 3.01. The number of rotatable bonds is 3. The lowest BCUT2D eigenvalue weighted by Gasteiger charge is -2.11. The Balaban J connectivity index is 2.07. The van der Waals surface area contributed by atoms with E-state index in [1.54, 1.807) is 11.5 Å². The molecule has 5 nitrogen and oxygen atoms in total. The van der Waals surface area contributed by atoms with E-state index in [4.69, 9.17) is 16.3 Å². The Morgan fingerprint density at radius 2 is 2.45 bits per heavy atom. The Morgan fingerprint density at radius 3 is 3.10 bits per heavy atom. The zero-order chi connectivity index (χ0) is 14.3. The molecular weight excluding hydrogens is 300 g/mol. The van der Waals surface area contributed by atoms with Crippen molar-refractivity contribution in [1.29, 1.82) is 0 Å². The molecular formula is C13H13ClN2O3S. The first-order valence-corrected chi connectivity index (χ1v) is 7.57. The van der Waals surface area contributed by atoms with Crippen LogP contribution in [0.2, 0.25) is 0 Å². The van der Waals surface area contributed by atoms with Crippen molar-refractivity contribution < 1.29 is 9.53 Å². The molecule has 1 unspecified atom stereocenters. The van der Waals surface area contributed by atoms with Crippen molar-refractivity contribution in [2.75, 3.05) is 6.61 Å². The minimum Gasteiger partial charge on any atom is -0.376 e. The van der Waals surface area contributed by atoms with Crippen LogP contribution < -0.4 is 5.56 Å². The largest absolute Gasteiger partial charge is 0.376 e. The van der Waals surface area contributed by atoms with E-state index in [9.17, 15) is 9.59 Å². The molecule has 1 aliphatic rings. The first kappa shape index (κ1) is 13.7. The second-order valence-corrected chi connectivity index (χ2v) is 6.19. The summed E-state index contributed by atoms with van der Waals surface area (Å²) in [5, 5.41) is -0.0601. The summed E-state index contributed by atoms with van der Waals surface area (Å²) >= 11 is 6.68. The highest BCUT2D eigenvalue weighted by Crippen LogP contribution is 2.28. The number of fused-ring (bicyclic) bond motifs is 1. The van der Waals surface area contributed by atoms with Gasteiger partial charge in [0, 0.05) is 6.61 Å². The monoisotopic (exact) mass is 312 g/mol. The fourth-order valence-corrected chi connectivity index (χ4v) is 3.71. The third-order valence-electron chi connectivity index (χ3n) is 3.52. The van der Waals surface area contributed by atoms with E-state index >= 15 is 0 Å². The lowest BCUT2D eigenvalue weighted by Crippen LogP contribution is -2.26. The summed E-state index contributed by atoms with van der Waals surface area (Å²) in [6.07, 6.45) is 3.57. The minimum atomic E-state index is -0.546. The van der Waals surface area contributed by atoms with E-state index < -0.39 is 5.24 Å². The first-order chi connectivity index (χ1) is 9.58. The van der Waals surface area contributed by atoms with Crippen LogP contribution in [0.25, 0.3) is 10.2 Å². The number of carbonyl (C=O) groups excluding carboxylic acids is 1. The molecule has 0 spiro atoms. The molecule has 1 fully saturated rings.